The molecule has 1 aliphatic rings. The Hall–Kier alpha value is -1.45. The van der Waals surface area contributed by atoms with Crippen molar-refractivity contribution in [3.63, 3.8) is 0 Å². The predicted octanol–water partition coefficient (Wildman–Crippen LogP) is 3.32. The highest BCUT2D eigenvalue weighted by Crippen LogP contribution is 2.29. The number of ether oxygens (including phenoxy) is 1. The first-order chi connectivity index (χ1) is 9.47. The van der Waals surface area contributed by atoms with Crippen LogP contribution in [0.15, 0.2) is 12.1 Å². The maximum atomic E-state index is 5.96. The zero-order chi connectivity index (χ0) is 14.7. The van der Waals surface area contributed by atoms with Crippen LogP contribution >= 0.6 is 0 Å². The van der Waals surface area contributed by atoms with Crippen LogP contribution in [0.25, 0.3) is 0 Å². The number of pyridine rings is 1. The quantitative estimate of drug-likeness (QED) is 0.917. The number of hydrogen-bond acceptors (Lipinski definition) is 4. The van der Waals surface area contributed by atoms with Gasteiger partial charge in [-0.15, -0.1) is 0 Å². The van der Waals surface area contributed by atoms with E-state index in [1.807, 2.05) is 12.1 Å². The van der Waals surface area contributed by atoms with E-state index in [4.69, 9.17) is 10.5 Å². The smallest absolute Gasteiger partial charge is 0.239 e. The van der Waals surface area contributed by atoms with Crippen LogP contribution in [0.4, 0.5) is 11.5 Å². The first kappa shape index (κ1) is 14.9. The van der Waals surface area contributed by atoms with Gasteiger partial charge in [0, 0.05) is 12.6 Å². The molecule has 0 bridgehead atoms. The number of nitrogen functional groups attached to an aromatic ring is 1. The summed E-state index contributed by atoms with van der Waals surface area (Å²) < 4.78 is 5.72. The van der Waals surface area contributed by atoms with Crippen molar-refractivity contribution in [2.24, 2.45) is 11.8 Å². The van der Waals surface area contributed by atoms with Gasteiger partial charge in [-0.1, -0.05) is 20.8 Å². The van der Waals surface area contributed by atoms with Gasteiger partial charge in [-0.05, 0) is 43.7 Å². The Morgan fingerprint density at radius 2 is 2.15 bits per heavy atom. The van der Waals surface area contributed by atoms with Gasteiger partial charge in [0.15, 0.2) is 0 Å². The zero-order valence-corrected chi connectivity index (χ0v) is 13.1. The van der Waals surface area contributed by atoms with Crippen molar-refractivity contribution in [3.8, 4) is 5.88 Å². The number of piperidine rings is 1. The van der Waals surface area contributed by atoms with Crippen LogP contribution < -0.4 is 15.4 Å². The molecule has 1 fully saturated rings. The van der Waals surface area contributed by atoms with Crippen LogP contribution in [0, 0.1) is 11.8 Å². The first-order valence-corrected chi connectivity index (χ1v) is 7.63. The molecule has 0 saturated carbocycles. The Balaban J connectivity index is 2.14. The van der Waals surface area contributed by atoms with E-state index in [1.54, 1.807) is 0 Å². The summed E-state index contributed by atoms with van der Waals surface area (Å²) in [4.78, 5) is 6.98. The largest absolute Gasteiger partial charge is 0.476 e. The van der Waals surface area contributed by atoms with E-state index in [1.165, 1.54) is 12.8 Å². The highest BCUT2D eigenvalue weighted by molar-refractivity contribution is 5.55. The number of nitrogens with two attached hydrogens (primary N) is 1. The van der Waals surface area contributed by atoms with Gasteiger partial charge in [0.2, 0.25) is 5.88 Å². The number of aromatic nitrogens is 1. The van der Waals surface area contributed by atoms with E-state index >= 15 is 0 Å². The zero-order valence-electron chi connectivity index (χ0n) is 13.1. The van der Waals surface area contributed by atoms with E-state index < -0.39 is 0 Å². The highest BCUT2D eigenvalue weighted by atomic mass is 16.5. The molecule has 2 atom stereocenters. The maximum Gasteiger partial charge on any atom is 0.239 e. The minimum Gasteiger partial charge on any atom is -0.476 e. The standard InChI is InChI=1S/C16H27N3O/c1-11(2)10-20-16-14(17)5-6-15(18-16)19-8-7-12(3)9-13(19)4/h5-6,11-13H,7-10,17H2,1-4H3. The van der Waals surface area contributed by atoms with E-state index in [9.17, 15) is 0 Å². The second-order valence-corrected chi connectivity index (χ2v) is 6.44. The molecule has 0 aliphatic carbocycles. The van der Waals surface area contributed by atoms with Crippen molar-refractivity contribution in [1.82, 2.24) is 4.98 Å². The van der Waals surface area contributed by atoms with Crippen LogP contribution in [0.3, 0.4) is 0 Å². The molecule has 2 rings (SSSR count). The normalized spacial score (nSPS) is 23.1. The second kappa shape index (κ2) is 6.33. The third-order valence-electron chi connectivity index (χ3n) is 3.86. The lowest BCUT2D eigenvalue weighted by Gasteiger charge is -2.37. The molecule has 20 heavy (non-hydrogen) atoms. The molecule has 1 aromatic rings. The summed E-state index contributed by atoms with van der Waals surface area (Å²) >= 11 is 0. The highest BCUT2D eigenvalue weighted by Gasteiger charge is 2.24. The molecule has 1 saturated heterocycles. The third kappa shape index (κ3) is 3.56. The molecular formula is C16H27N3O. The van der Waals surface area contributed by atoms with Gasteiger partial charge in [0.25, 0.3) is 0 Å². The van der Waals surface area contributed by atoms with E-state index in [0.717, 1.165) is 18.3 Å². The van der Waals surface area contributed by atoms with E-state index in [2.05, 4.69) is 37.6 Å². The lowest BCUT2D eigenvalue weighted by atomic mass is 9.93. The number of rotatable bonds is 4. The minimum absolute atomic E-state index is 0.467. The minimum atomic E-state index is 0.467. The van der Waals surface area contributed by atoms with Gasteiger partial charge in [-0.25, -0.2) is 0 Å². The fourth-order valence-corrected chi connectivity index (χ4v) is 2.71. The lowest BCUT2D eigenvalue weighted by molar-refractivity contribution is 0.262. The lowest BCUT2D eigenvalue weighted by Crippen LogP contribution is -2.40. The van der Waals surface area contributed by atoms with Crippen molar-refractivity contribution >= 4 is 11.5 Å². The molecule has 2 unspecified atom stereocenters. The fourth-order valence-electron chi connectivity index (χ4n) is 2.71. The van der Waals surface area contributed by atoms with Crippen LogP contribution in [0.1, 0.15) is 40.5 Å². The van der Waals surface area contributed by atoms with Gasteiger partial charge in [-0.2, -0.15) is 4.98 Å². The van der Waals surface area contributed by atoms with Crippen molar-refractivity contribution in [2.45, 2.75) is 46.6 Å². The molecule has 4 nitrogen and oxygen atoms in total. The molecule has 1 aliphatic heterocycles. The summed E-state index contributed by atoms with van der Waals surface area (Å²) in [7, 11) is 0. The number of anilines is 2. The first-order valence-electron chi connectivity index (χ1n) is 7.63. The topological polar surface area (TPSA) is 51.4 Å². The van der Waals surface area contributed by atoms with Gasteiger partial charge in [-0.3, -0.25) is 0 Å². The molecule has 2 N–H and O–H groups in total. The molecule has 1 aromatic heterocycles. The second-order valence-electron chi connectivity index (χ2n) is 6.44. The van der Waals surface area contributed by atoms with E-state index in [0.29, 0.717) is 30.1 Å². The number of hydrogen-bond donors (Lipinski definition) is 1. The summed E-state index contributed by atoms with van der Waals surface area (Å²) in [6.45, 7) is 10.5. The van der Waals surface area contributed by atoms with Gasteiger partial charge in [0.05, 0.1) is 12.3 Å². The predicted molar refractivity (Wildman–Crippen MR) is 84.2 cm³/mol. The van der Waals surface area contributed by atoms with Crippen LogP contribution in [-0.2, 0) is 0 Å². The summed E-state index contributed by atoms with van der Waals surface area (Å²) in [5.41, 5.74) is 6.57. The maximum absolute atomic E-state index is 5.96. The third-order valence-corrected chi connectivity index (χ3v) is 3.86. The molecule has 0 amide bonds. The monoisotopic (exact) mass is 277 g/mol. The average Bonchev–Trinajstić information content (AvgIpc) is 2.38. The Kier molecular flexibility index (Phi) is 4.73. The summed E-state index contributed by atoms with van der Waals surface area (Å²) in [6, 6.07) is 4.43. The number of nitrogens with zero attached hydrogens (tertiary/aromatic N) is 2. The Labute approximate surface area is 122 Å². The van der Waals surface area contributed by atoms with Gasteiger partial charge < -0.3 is 15.4 Å². The van der Waals surface area contributed by atoms with Crippen molar-refractivity contribution in [2.75, 3.05) is 23.8 Å². The molecule has 0 aromatic carbocycles. The van der Waals surface area contributed by atoms with Crippen molar-refractivity contribution < 1.29 is 4.74 Å². The van der Waals surface area contributed by atoms with Gasteiger partial charge >= 0.3 is 0 Å². The molecule has 0 spiro atoms. The Morgan fingerprint density at radius 3 is 2.80 bits per heavy atom. The fraction of sp³-hybridized carbons (Fsp3) is 0.688. The molecule has 4 heteroatoms. The average molecular weight is 277 g/mol. The van der Waals surface area contributed by atoms with Gasteiger partial charge in [0.1, 0.15) is 5.82 Å². The van der Waals surface area contributed by atoms with Crippen LogP contribution in [0.2, 0.25) is 0 Å². The molecular weight excluding hydrogens is 250 g/mol. The Morgan fingerprint density at radius 1 is 1.40 bits per heavy atom. The van der Waals surface area contributed by atoms with Crippen LogP contribution in [-0.4, -0.2) is 24.2 Å². The summed E-state index contributed by atoms with van der Waals surface area (Å²) in [5, 5.41) is 0. The Bertz CT molecular complexity index is 447. The van der Waals surface area contributed by atoms with E-state index in [-0.39, 0.29) is 0 Å². The molecule has 2 heterocycles. The van der Waals surface area contributed by atoms with Crippen LogP contribution in [0.5, 0.6) is 5.88 Å². The molecule has 0 radical (unpaired) electrons. The van der Waals surface area contributed by atoms with Crippen molar-refractivity contribution in [1.29, 1.82) is 0 Å². The SMILES string of the molecule is CC(C)COc1nc(N2CCC(C)CC2C)ccc1N. The summed E-state index contributed by atoms with van der Waals surface area (Å²) in [6.07, 6.45) is 2.44. The molecule has 112 valence electrons. The summed E-state index contributed by atoms with van der Waals surface area (Å²) in [5.74, 6) is 2.82. The van der Waals surface area contributed by atoms with Crippen molar-refractivity contribution in [3.05, 3.63) is 12.1 Å².